The minimum Gasteiger partial charge on any atom is -0.468 e. The second-order valence-electron chi connectivity index (χ2n) is 7.65. The average molecular weight is 470 g/mol. The minimum absolute atomic E-state index is 0.0987. The lowest BCUT2D eigenvalue weighted by Gasteiger charge is -2.16. The minimum atomic E-state index is -3.72. The van der Waals surface area contributed by atoms with Crippen molar-refractivity contribution in [2.75, 3.05) is 7.05 Å². The molecule has 0 spiro atoms. The number of aryl methyl sites for hydroxylation is 3. The van der Waals surface area contributed by atoms with Gasteiger partial charge in [0.2, 0.25) is 10.0 Å². The molecule has 7 nitrogen and oxygen atoms in total. The molecule has 0 atom stereocenters. The Morgan fingerprint density at radius 2 is 1.88 bits per heavy atom. The highest BCUT2D eigenvalue weighted by Gasteiger charge is 2.22. The third kappa shape index (κ3) is 4.19. The van der Waals surface area contributed by atoms with Crippen LogP contribution >= 0.6 is 11.3 Å². The van der Waals surface area contributed by atoms with Crippen LogP contribution in [0.5, 0.6) is 0 Å². The Hall–Kier alpha value is -3.01. The Balaban J connectivity index is 1.60. The third-order valence-electron chi connectivity index (χ3n) is 5.20. The Morgan fingerprint density at radius 3 is 2.53 bits per heavy atom. The molecule has 2 aromatic carbocycles. The molecule has 9 heteroatoms. The molecule has 0 bridgehead atoms. The molecule has 4 aromatic rings. The summed E-state index contributed by atoms with van der Waals surface area (Å²) in [5.41, 5.74) is 3.65. The van der Waals surface area contributed by atoms with Gasteiger partial charge in [-0.05, 0) is 67.4 Å². The molecule has 2 aromatic heterocycles. The number of carbonyl (C=O) groups is 1. The molecule has 2 heterocycles. The van der Waals surface area contributed by atoms with Crippen LogP contribution in [0.25, 0.3) is 10.2 Å². The number of hydrogen-bond acceptors (Lipinski definition) is 5. The normalized spacial score (nSPS) is 12.7. The fourth-order valence-electron chi connectivity index (χ4n) is 3.60. The standard InChI is InChI=1S/C23H23N3O4S2/c1-15-12-16(2)21-20(13-15)31-23(26(21)4)24-22(27)17-7-9-19(10-8-17)32(28,29)25(3)14-18-6-5-11-30-18/h5-13H,14H2,1-4H3. The van der Waals surface area contributed by atoms with Gasteiger partial charge in [0.25, 0.3) is 5.91 Å². The molecular formula is C23H23N3O4S2. The van der Waals surface area contributed by atoms with Crippen molar-refractivity contribution in [3.05, 3.63) is 82.0 Å². The molecule has 0 unspecified atom stereocenters. The number of hydrogen-bond donors (Lipinski definition) is 0. The number of carbonyl (C=O) groups excluding carboxylic acids is 1. The number of amides is 1. The van der Waals surface area contributed by atoms with E-state index in [1.807, 2.05) is 25.5 Å². The first kappa shape index (κ1) is 22.2. The molecule has 0 fully saturated rings. The number of rotatable bonds is 5. The average Bonchev–Trinajstić information content (AvgIpc) is 3.36. The van der Waals surface area contributed by atoms with Crippen LogP contribution in [-0.4, -0.2) is 30.2 Å². The van der Waals surface area contributed by atoms with Crippen molar-refractivity contribution in [3.63, 3.8) is 0 Å². The van der Waals surface area contributed by atoms with E-state index in [1.54, 1.807) is 12.1 Å². The van der Waals surface area contributed by atoms with Crippen LogP contribution in [0.4, 0.5) is 0 Å². The molecule has 166 valence electrons. The summed E-state index contributed by atoms with van der Waals surface area (Å²) in [6, 6.07) is 13.4. The van der Waals surface area contributed by atoms with Crippen molar-refractivity contribution < 1.29 is 17.6 Å². The largest absolute Gasteiger partial charge is 0.468 e. The second-order valence-corrected chi connectivity index (χ2v) is 10.7. The van der Waals surface area contributed by atoms with Gasteiger partial charge in [-0.3, -0.25) is 4.79 Å². The van der Waals surface area contributed by atoms with E-state index in [4.69, 9.17) is 4.42 Å². The molecule has 0 saturated heterocycles. The SMILES string of the molecule is Cc1cc(C)c2c(c1)sc(=NC(=O)c1ccc(S(=O)(=O)N(C)Cc3ccco3)cc1)n2C. The maximum atomic E-state index is 12.8. The van der Waals surface area contributed by atoms with Crippen LogP contribution in [0, 0.1) is 13.8 Å². The molecule has 0 aliphatic rings. The number of aromatic nitrogens is 1. The number of sulfonamides is 1. The maximum Gasteiger partial charge on any atom is 0.279 e. The number of fused-ring (bicyclic) bond motifs is 1. The van der Waals surface area contributed by atoms with E-state index in [1.165, 1.54) is 53.2 Å². The summed E-state index contributed by atoms with van der Waals surface area (Å²) in [5.74, 6) is 0.123. The van der Waals surface area contributed by atoms with Crippen molar-refractivity contribution in [1.82, 2.24) is 8.87 Å². The van der Waals surface area contributed by atoms with Gasteiger partial charge in [0.05, 0.1) is 27.9 Å². The molecular weight excluding hydrogens is 446 g/mol. The van der Waals surface area contributed by atoms with E-state index >= 15 is 0 Å². The zero-order valence-corrected chi connectivity index (χ0v) is 19.8. The lowest BCUT2D eigenvalue weighted by atomic mass is 10.1. The van der Waals surface area contributed by atoms with Gasteiger partial charge < -0.3 is 8.98 Å². The highest BCUT2D eigenvalue weighted by Crippen LogP contribution is 2.22. The van der Waals surface area contributed by atoms with E-state index in [9.17, 15) is 13.2 Å². The van der Waals surface area contributed by atoms with Crippen LogP contribution in [0.1, 0.15) is 27.2 Å². The van der Waals surface area contributed by atoms with Crippen LogP contribution in [0.3, 0.4) is 0 Å². The van der Waals surface area contributed by atoms with Gasteiger partial charge in [-0.25, -0.2) is 8.42 Å². The molecule has 4 rings (SSSR count). The van der Waals surface area contributed by atoms with Gasteiger partial charge in [-0.1, -0.05) is 17.4 Å². The fraction of sp³-hybridized carbons (Fsp3) is 0.217. The first-order chi connectivity index (χ1) is 15.2. The summed E-state index contributed by atoms with van der Waals surface area (Å²) in [5, 5.41) is 0. The first-order valence-corrected chi connectivity index (χ1v) is 12.2. The molecule has 1 amide bonds. The van der Waals surface area contributed by atoms with Gasteiger partial charge in [0.1, 0.15) is 5.76 Å². The van der Waals surface area contributed by atoms with Gasteiger partial charge in [0.15, 0.2) is 4.80 Å². The number of benzene rings is 2. The van der Waals surface area contributed by atoms with Gasteiger partial charge >= 0.3 is 0 Å². The maximum absolute atomic E-state index is 12.8. The molecule has 0 aliphatic heterocycles. The van der Waals surface area contributed by atoms with E-state index in [0.29, 0.717) is 16.1 Å². The zero-order valence-electron chi connectivity index (χ0n) is 18.2. The Kier molecular flexibility index (Phi) is 5.89. The van der Waals surface area contributed by atoms with Crippen molar-refractivity contribution in [2.24, 2.45) is 12.0 Å². The van der Waals surface area contributed by atoms with Gasteiger partial charge in [-0.2, -0.15) is 9.30 Å². The van der Waals surface area contributed by atoms with Crippen LogP contribution in [0.2, 0.25) is 0 Å². The summed E-state index contributed by atoms with van der Waals surface area (Å²) in [6.45, 7) is 4.19. The zero-order chi connectivity index (χ0) is 23.0. The predicted octanol–water partition coefficient (Wildman–Crippen LogP) is 4.01. The summed E-state index contributed by atoms with van der Waals surface area (Å²) in [4.78, 5) is 17.7. The van der Waals surface area contributed by atoms with Crippen molar-refractivity contribution in [2.45, 2.75) is 25.3 Å². The fourth-order valence-corrected chi connectivity index (χ4v) is 5.93. The van der Waals surface area contributed by atoms with Gasteiger partial charge in [0, 0.05) is 19.7 Å². The summed E-state index contributed by atoms with van der Waals surface area (Å²) < 4.78 is 35.0. The Morgan fingerprint density at radius 1 is 1.16 bits per heavy atom. The highest BCUT2D eigenvalue weighted by atomic mass is 32.2. The molecule has 0 saturated carbocycles. The van der Waals surface area contributed by atoms with E-state index in [-0.39, 0.29) is 11.4 Å². The van der Waals surface area contributed by atoms with Crippen LogP contribution in [0.15, 0.2) is 69.1 Å². The van der Waals surface area contributed by atoms with E-state index < -0.39 is 15.9 Å². The molecule has 0 N–H and O–H groups in total. The summed E-state index contributed by atoms with van der Waals surface area (Å²) in [6.07, 6.45) is 1.50. The monoisotopic (exact) mass is 469 g/mol. The van der Waals surface area contributed by atoms with Crippen LogP contribution < -0.4 is 4.80 Å². The third-order valence-corrected chi connectivity index (χ3v) is 8.10. The topological polar surface area (TPSA) is 84.9 Å². The number of thiazole rings is 1. The van der Waals surface area contributed by atoms with Crippen molar-refractivity contribution >= 4 is 37.5 Å². The first-order valence-electron chi connectivity index (χ1n) is 9.91. The number of furan rings is 1. The predicted molar refractivity (Wildman–Crippen MR) is 124 cm³/mol. The van der Waals surface area contributed by atoms with E-state index in [2.05, 4.69) is 17.1 Å². The van der Waals surface area contributed by atoms with Gasteiger partial charge in [-0.15, -0.1) is 0 Å². The van der Waals surface area contributed by atoms with Crippen LogP contribution in [-0.2, 0) is 23.6 Å². The van der Waals surface area contributed by atoms with Crippen molar-refractivity contribution in [3.8, 4) is 0 Å². The lowest BCUT2D eigenvalue weighted by molar-refractivity contribution is 0.0998. The number of nitrogens with zero attached hydrogens (tertiary/aromatic N) is 3. The van der Waals surface area contributed by atoms with Crippen molar-refractivity contribution in [1.29, 1.82) is 0 Å². The highest BCUT2D eigenvalue weighted by molar-refractivity contribution is 7.89. The molecule has 0 aliphatic carbocycles. The second kappa shape index (κ2) is 8.50. The summed E-state index contributed by atoms with van der Waals surface area (Å²) >= 11 is 1.45. The smallest absolute Gasteiger partial charge is 0.279 e. The molecule has 32 heavy (non-hydrogen) atoms. The summed E-state index contributed by atoms with van der Waals surface area (Å²) in [7, 11) is -0.350. The quantitative estimate of drug-likeness (QED) is 0.442. The Bertz CT molecular complexity index is 1460. The van der Waals surface area contributed by atoms with E-state index in [0.717, 1.165) is 21.3 Å². The molecule has 0 radical (unpaired) electrons. The lowest BCUT2D eigenvalue weighted by Crippen LogP contribution is -2.26. The Labute approximate surface area is 190 Å².